The smallest absolute Gasteiger partial charge is 0.326 e. The largest absolute Gasteiger partial charge is 0.493 e. The lowest BCUT2D eigenvalue weighted by Crippen LogP contribution is -2.45. The molecular weight excluding hydrogens is 350 g/mol. The van der Waals surface area contributed by atoms with Gasteiger partial charge in [0.05, 0.1) is 20.8 Å². The molecule has 1 aromatic rings. The molecule has 0 aliphatic carbocycles. The van der Waals surface area contributed by atoms with Gasteiger partial charge in [0.1, 0.15) is 5.75 Å². The highest BCUT2D eigenvalue weighted by Crippen LogP contribution is 2.29. The zero-order chi connectivity index (χ0) is 19.3. The van der Waals surface area contributed by atoms with Crippen LogP contribution in [0.2, 0.25) is 0 Å². The zero-order valence-electron chi connectivity index (χ0n) is 14.9. The third kappa shape index (κ3) is 4.85. The fourth-order valence-electron chi connectivity index (χ4n) is 1.90. The number of methoxy groups -OCH3 is 2. The molecule has 0 bridgehead atoms. The number of carbonyl (C=O) groups is 2. The molecule has 0 atom stereocenters. The summed E-state index contributed by atoms with van der Waals surface area (Å²) in [5, 5.41) is 2.46. The van der Waals surface area contributed by atoms with Crippen molar-refractivity contribution in [2.24, 2.45) is 0 Å². The number of benzene rings is 1. The minimum atomic E-state index is -4.07. The molecule has 1 amide bonds. The first-order valence-electron chi connectivity index (χ1n) is 7.50. The molecule has 0 aliphatic heterocycles. The standard InChI is InChI=1S/C16H23NO7S/c1-6-24-15(19)16(2,3)25(20,21)10-14(18)17-11-7-8-12(22-4)13(9-11)23-5/h7-9H,6,10H2,1-5H3,(H,17,18). The predicted octanol–water partition coefficient (Wildman–Crippen LogP) is 1.40. The van der Waals surface area contributed by atoms with Crippen molar-refractivity contribution in [1.29, 1.82) is 0 Å². The summed E-state index contributed by atoms with van der Waals surface area (Å²) in [5.74, 6) is -1.67. The van der Waals surface area contributed by atoms with Crippen LogP contribution in [0.25, 0.3) is 0 Å². The summed E-state index contributed by atoms with van der Waals surface area (Å²) in [6.45, 7) is 4.05. The Kier molecular flexibility index (Phi) is 6.80. The molecule has 0 radical (unpaired) electrons. The number of hydrogen-bond acceptors (Lipinski definition) is 7. The monoisotopic (exact) mass is 373 g/mol. The fourth-order valence-corrected chi connectivity index (χ4v) is 2.99. The van der Waals surface area contributed by atoms with Gasteiger partial charge in [0, 0.05) is 11.8 Å². The topological polar surface area (TPSA) is 108 Å². The Morgan fingerprint density at radius 3 is 2.24 bits per heavy atom. The van der Waals surface area contributed by atoms with E-state index in [4.69, 9.17) is 14.2 Å². The molecule has 0 fully saturated rings. The maximum atomic E-state index is 12.4. The van der Waals surface area contributed by atoms with E-state index in [9.17, 15) is 18.0 Å². The molecule has 140 valence electrons. The van der Waals surface area contributed by atoms with Gasteiger partial charge in [-0.25, -0.2) is 8.42 Å². The number of amides is 1. The highest BCUT2D eigenvalue weighted by atomic mass is 32.2. The van der Waals surface area contributed by atoms with E-state index >= 15 is 0 Å². The maximum Gasteiger partial charge on any atom is 0.326 e. The molecule has 0 unspecified atom stereocenters. The number of anilines is 1. The van der Waals surface area contributed by atoms with Crippen molar-refractivity contribution in [3.05, 3.63) is 18.2 Å². The molecule has 1 N–H and O–H groups in total. The number of carbonyl (C=O) groups excluding carboxylic acids is 2. The third-order valence-electron chi connectivity index (χ3n) is 3.53. The van der Waals surface area contributed by atoms with E-state index in [0.29, 0.717) is 17.2 Å². The third-order valence-corrected chi connectivity index (χ3v) is 5.90. The first-order chi connectivity index (χ1) is 11.6. The number of nitrogens with one attached hydrogen (secondary N) is 1. The quantitative estimate of drug-likeness (QED) is 0.686. The molecule has 0 heterocycles. The van der Waals surface area contributed by atoms with Gasteiger partial charge >= 0.3 is 5.97 Å². The molecule has 0 saturated carbocycles. The zero-order valence-corrected chi connectivity index (χ0v) is 15.7. The van der Waals surface area contributed by atoms with E-state index in [-0.39, 0.29) is 6.61 Å². The molecule has 0 aliphatic rings. The molecule has 0 spiro atoms. The van der Waals surface area contributed by atoms with Crippen molar-refractivity contribution in [1.82, 2.24) is 0 Å². The van der Waals surface area contributed by atoms with Crippen LogP contribution in [-0.4, -0.2) is 51.6 Å². The van der Waals surface area contributed by atoms with Crippen LogP contribution in [0.4, 0.5) is 5.69 Å². The van der Waals surface area contributed by atoms with E-state index in [0.717, 1.165) is 0 Å². The van der Waals surface area contributed by atoms with Gasteiger partial charge in [-0.05, 0) is 32.9 Å². The molecule has 8 nitrogen and oxygen atoms in total. The lowest BCUT2D eigenvalue weighted by Gasteiger charge is -2.22. The van der Waals surface area contributed by atoms with Crippen LogP contribution in [-0.2, 0) is 24.2 Å². The maximum absolute atomic E-state index is 12.4. The van der Waals surface area contributed by atoms with Gasteiger partial charge in [-0.2, -0.15) is 0 Å². The SMILES string of the molecule is CCOC(=O)C(C)(C)S(=O)(=O)CC(=O)Nc1ccc(OC)c(OC)c1. The molecule has 1 rings (SSSR count). The number of esters is 1. The van der Waals surface area contributed by atoms with Gasteiger partial charge in [-0.15, -0.1) is 0 Å². The van der Waals surface area contributed by atoms with Crippen molar-refractivity contribution < 1.29 is 32.2 Å². The Balaban J connectivity index is 2.90. The summed E-state index contributed by atoms with van der Waals surface area (Å²) < 4.78 is 37.9. The van der Waals surface area contributed by atoms with E-state index in [1.54, 1.807) is 19.1 Å². The Bertz CT molecular complexity index is 741. The Hall–Kier alpha value is -2.29. The first kappa shape index (κ1) is 20.8. The van der Waals surface area contributed by atoms with Gasteiger partial charge in [0.2, 0.25) is 5.91 Å². The van der Waals surface area contributed by atoms with Crippen LogP contribution in [0.5, 0.6) is 11.5 Å². The minimum absolute atomic E-state index is 0.0512. The van der Waals surface area contributed by atoms with Crippen LogP contribution in [0, 0.1) is 0 Å². The summed E-state index contributed by atoms with van der Waals surface area (Å²) in [4.78, 5) is 23.9. The first-order valence-corrected chi connectivity index (χ1v) is 9.15. The van der Waals surface area contributed by atoms with E-state index < -0.39 is 32.2 Å². The van der Waals surface area contributed by atoms with Crippen molar-refractivity contribution in [3.8, 4) is 11.5 Å². The van der Waals surface area contributed by atoms with Gasteiger partial charge in [-0.3, -0.25) is 9.59 Å². The summed E-state index contributed by atoms with van der Waals surface area (Å²) in [6.07, 6.45) is 0. The van der Waals surface area contributed by atoms with E-state index in [1.807, 2.05) is 0 Å². The molecule has 25 heavy (non-hydrogen) atoms. The Morgan fingerprint density at radius 1 is 1.12 bits per heavy atom. The van der Waals surface area contributed by atoms with Gasteiger partial charge in [0.25, 0.3) is 0 Å². The summed E-state index contributed by atoms with van der Waals surface area (Å²) in [6, 6.07) is 4.62. The predicted molar refractivity (Wildman–Crippen MR) is 92.7 cm³/mol. The molecule has 0 aromatic heterocycles. The summed E-state index contributed by atoms with van der Waals surface area (Å²) >= 11 is 0. The van der Waals surface area contributed by atoms with Crippen LogP contribution in [0.15, 0.2) is 18.2 Å². The second-order valence-corrected chi connectivity index (χ2v) is 8.15. The second kappa shape index (κ2) is 8.19. The molecule has 1 aromatic carbocycles. The Labute approximate surface area is 147 Å². The highest BCUT2D eigenvalue weighted by molar-refractivity contribution is 7.94. The summed E-state index contributed by atoms with van der Waals surface area (Å²) in [7, 11) is -1.16. The summed E-state index contributed by atoms with van der Waals surface area (Å²) in [5.41, 5.74) is 0.340. The second-order valence-electron chi connectivity index (χ2n) is 5.61. The number of ether oxygens (including phenoxy) is 3. The average molecular weight is 373 g/mol. The van der Waals surface area contributed by atoms with E-state index in [2.05, 4.69) is 5.32 Å². The van der Waals surface area contributed by atoms with Gasteiger partial charge < -0.3 is 19.5 Å². The van der Waals surface area contributed by atoms with Crippen molar-refractivity contribution in [3.63, 3.8) is 0 Å². The highest BCUT2D eigenvalue weighted by Gasteiger charge is 2.44. The Morgan fingerprint density at radius 2 is 1.72 bits per heavy atom. The molecule has 9 heteroatoms. The average Bonchev–Trinajstić information content (AvgIpc) is 2.54. The fraction of sp³-hybridized carbons (Fsp3) is 0.500. The van der Waals surface area contributed by atoms with Crippen LogP contribution >= 0.6 is 0 Å². The molecular formula is C16H23NO7S. The van der Waals surface area contributed by atoms with Crippen molar-refractivity contribution in [2.75, 3.05) is 31.9 Å². The molecule has 0 saturated heterocycles. The van der Waals surface area contributed by atoms with Gasteiger partial charge in [0.15, 0.2) is 26.1 Å². The van der Waals surface area contributed by atoms with Crippen molar-refractivity contribution >= 4 is 27.4 Å². The normalized spacial score (nSPS) is 11.6. The van der Waals surface area contributed by atoms with Crippen molar-refractivity contribution in [2.45, 2.75) is 25.5 Å². The van der Waals surface area contributed by atoms with Crippen LogP contribution in [0.3, 0.4) is 0 Å². The van der Waals surface area contributed by atoms with E-state index in [1.165, 1.54) is 34.1 Å². The van der Waals surface area contributed by atoms with Crippen LogP contribution in [0.1, 0.15) is 20.8 Å². The van der Waals surface area contributed by atoms with Crippen LogP contribution < -0.4 is 14.8 Å². The lowest BCUT2D eigenvalue weighted by atomic mass is 10.2. The minimum Gasteiger partial charge on any atom is -0.493 e. The number of rotatable bonds is 8. The van der Waals surface area contributed by atoms with Gasteiger partial charge in [-0.1, -0.05) is 0 Å². The number of hydrogen-bond donors (Lipinski definition) is 1. The number of sulfone groups is 1. The lowest BCUT2D eigenvalue weighted by molar-refractivity contribution is -0.145.